The summed E-state index contributed by atoms with van der Waals surface area (Å²) in [5.41, 5.74) is 0. The van der Waals surface area contributed by atoms with E-state index in [4.69, 9.17) is 4.74 Å². The van der Waals surface area contributed by atoms with Gasteiger partial charge in [0.05, 0.1) is 13.2 Å². The van der Waals surface area contributed by atoms with E-state index >= 15 is 0 Å². The maximum Gasteiger partial charge on any atom is 0.237 e. The van der Waals surface area contributed by atoms with Crippen LogP contribution in [-0.4, -0.2) is 50.7 Å². The van der Waals surface area contributed by atoms with Gasteiger partial charge in [0.2, 0.25) is 5.91 Å². The molecule has 1 amide bonds. The van der Waals surface area contributed by atoms with E-state index in [0.717, 1.165) is 0 Å². The molecule has 0 aliphatic carbocycles. The van der Waals surface area contributed by atoms with E-state index < -0.39 is 0 Å². The van der Waals surface area contributed by atoms with Crippen molar-refractivity contribution in [3.8, 4) is 0 Å². The van der Waals surface area contributed by atoms with Crippen LogP contribution in [-0.2, 0) is 9.53 Å². The number of nitrogens with zero attached hydrogens (tertiary/aromatic N) is 1. The van der Waals surface area contributed by atoms with Gasteiger partial charge in [-0.05, 0) is 0 Å². The van der Waals surface area contributed by atoms with Crippen molar-refractivity contribution in [2.75, 3.05) is 39.9 Å². The fourth-order valence-corrected chi connectivity index (χ4v) is 1.07. The van der Waals surface area contributed by atoms with Crippen molar-refractivity contribution >= 4 is 18.3 Å². The van der Waals surface area contributed by atoms with Crippen LogP contribution in [0.25, 0.3) is 0 Å². The zero-order valence-electron chi connectivity index (χ0n) is 9.78. The van der Waals surface area contributed by atoms with E-state index in [9.17, 15) is 4.79 Å². The lowest BCUT2D eigenvalue weighted by Crippen LogP contribution is -2.39. The van der Waals surface area contributed by atoms with Crippen LogP contribution in [0.2, 0.25) is 0 Å². The van der Waals surface area contributed by atoms with Gasteiger partial charge in [-0.25, -0.2) is 0 Å². The van der Waals surface area contributed by atoms with Gasteiger partial charge >= 0.3 is 0 Å². The number of hydrogen-bond donors (Lipinski definition) is 1. The van der Waals surface area contributed by atoms with E-state index in [1.54, 1.807) is 24.2 Å². The number of ether oxygens (including phenoxy) is 1. The Kier molecular flexibility index (Phi) is 13.4. The standard InChI is InChI=1S/C11H20N2O2.ClH/c1-4-7-13(8-5-2)11(14)10-12-6-9-15-3;/h4-5,12H,1-2,6-10H2,3H3;1H. The van der Waals surface area contributed by atoms with Crippen molar-refractivity contribution < 1.29 is 9.53 Å². The molecule has 0 heterocycles. The van der Waals surface area contributed by atoms with Crippen LogP contribution in [0.4, 0.5) is 0 Å². The monoisotopic (exact) mass is 248 g/mol. The first-order valence-corrected chi connectivity index (χ1v) is 4.95. The highest BCUT2D eigenvalue weighted by atomic mass is 35.5. The molecular formula is C11H21ClN2O2. The highest BCUT2D eigenvalue weighted by Crippen LogP contribution is 1.90. The van der Waals surface area contributed by atoms with Gasteiger partial charge in [0.15, 0.2) is 0 Å². The number of hydrogen-bond acceptors (Lipinski definition) is 3. The smallest absolute Gasteiger partial charge is 0.237 e. The molecule has 5 heteroatoms. The molecule has 0 spiro atoms. The minimum atomic E-state index is 0. The molecule has 16 heavy (non-hydrogen) atoms. The van der Waals surface area contributed by atoms with E-state index in [2.05, 4.69) is 18.5 Å². The van der Waals surface area contributed by atoms with Gasteiger partial charge in [-0.2, -0.15) is 0 Å². The van der Waals surface area contributed by atoms with Crippen LogP contribution < -0.4 is 5.32 Å². The van der Waals surface area contributed by atoms with E-state index in [1.807, 2.05) is 0 Å². The van der Waals surface area contributed by atoms with E-state index in [-0.39, 0.29) is 18.3 Å². The van der Waals surface area contributed by atoms with Crippen LogP contribution >= 0.6 is 12.4 Å². The predicted octanol–water partition coefficient (Wildman–Crippen LogP) is 0.845. The quantitative estimate of drug-likeness (QED) is 0.486. The lowest BCUT2D eigenvalue weighted by Gasteiger charge is -2.19. The topological polar surface area (TPSA) is 41.6 Å². The third-order valence-corrected chi connectivity index (χ3v) is 1.81. The van der Waals surface area contributed by atoms with E-state index in [0.29, 0.717) is 32.8 Å². The molecule has 0 fully saturated rings. The Morgan fingerprint density at radius 1 is 1.38 bits per heavy atom. The average Bonchev–Trinajstić information content (AvgIpc) is 2.24. The summed E-state index contributed by atoms with van der Waals surface area (Å²) < 4.78 is 4.86. The normalized spacial score (nSPS) is 9.06. The Bertz CT molecular complexity index is 200. The van der Waals surface area contributed by atoms with Crippen LogP contribution in [0, 0.1) is 0 Å². The number of carbonyl (C=O) groups excluding carboxylic acids is 1. The molecule has 0 rings (SSSR count). The molecule has 0 aromatic rings. The first kappa shape index (κ1) is 17.6. The molecule has 94 valence electrons. The largest absolute Gasteiger partial charge is 0.383 e. The van der Waals surface area contributed by atoms with Crippen molar-refractivity contribution in [3.63, 3.8) is 0 Å². The third kappa shape index (κ3) is 8.47. The molecule has 4 nitrogen and oxygen atoms in total. The Morgan fingerprint density at radius 3 is 2.38 bits per heavy atom. The van der Waals surface area contributed by atoms with Crippen LogP contribution in [0.3, 0.4) is 0 Å². The summed E-state index contributed by atoms with van der Waals surface area (Å²) >= 11 is 0. The number of carbonyl (C=O) groups is 1. The number of rotatable bonds is 9. The van der Waals surface area contributed by atoms with Gasteiger partial charge in [-0.15, -0.1) is 25.6 Å². The summed E-state index contributed by atoms with van der Waals surface area (Å²) in [5, 5.41) is 3.00. The second-order valence-corrected chi connectivity index (χ2v) is 3.05. The Balaban J connectivity index is 0. The van der Waals surface area contributed by atoms with Crippen molar-refractivity contribution in [1.82, 2.24) is 10.2 Å². The summed E-state index contributed by atoms with van der Waals surface area (Å²) in [5.74, 6) is 0.0471. The first-order chi connectivity index (χ1) is 7.26. The Morgan fingerprint density at radius 2 is 1.94 bits per heavy atom. The predicted molar refractivity (Wildman–Crippen MR) is 69.0 cm³/mol. The minimum Gasteiger partial charge on any atom is -0.383 e. The zero-order chi connectivity index (χ0) is 11.5. The molecule has 1 N–H and O–H groups in total. The van der Waals surface area contributed by atoms with Crippen LogP contribution in [0.15, 0.2) is 25.3 Å². The zero-order valence-corrected chi connectivity index (χ0v) is 10.6. The number of methoxy groups -OCH3 is 1. The molecule has 0 atom stereocenters. The Hall–Kier alpha value is -0.840. The molecule has 0 aromatic carbocycles. The SMILES string of the molecule is C=CCN(CC=C)C(=O)CNCCOC.Cl. The highest BCUT2D eigenvalue weighted by molar-refractivity contribution is 5.85. The lowest BCUT2D eigenvalue weighted by molar-refractivity contribution is -0.129. The summed E-state index contributed by atoms with van der Waals surface area (Å²) in [7, 11) is 1.63. The molecule has 0 radical (unpaired) electrons. The molecule has 0 saturated heterocycles. The van der Waals surface area contributed by atoms with Crippen LogP contribution in [0.1, 0.15) is 0 Å². The fourth-order valence-electron chi connectivity index (χ4n) is 1.07. The van der Waals surface area contributed by atoms with Gasteiger partial charge in [-0.1, -0.05) is 12.2 Å². The van der Waals surface area contributed by atoms with Crippen molar-refractivity contribution in [1.29, 1.82) is 0 Å². The third-order valence-electron chi connectivity index (χ3n) is 1.81. The maximum absolute atomic E-state index is 11.6. The molecule has 0 saturated carbocycles. The van der Waals surface area contributed by atoms with E-state index in [1.165, 1.54) is 0 Å². The van der Waals surface area contributed by atoms with Gasteiger partial charge < -0.3 is 15.0 Å². The van der Waals surface area contributed by atoms with Crippen molar-refractivity contribution in [2.24, 2.45) is 0 Å². The number of amides is 1. The van der Waals surface area contributed by atoms with Gasteiger partial charge in [0.1, 0.15) is 0 Å². The van der Waals surface area contributed by atoms with Gasteiger partial charge in [0.25, 0.3) is 0 Å². The fraction of sp³-hybridized carbons (Fsp3) is 0.545. The summed E-state index contributed by atoms with van der Waals surface area (Å²) in [6, 6.07) is 0. The molecular weight excluding hydrogens is 228 g/mol. The highest BCUT2D eigenvalue weighted by Gasteiger charge is 2.08. The summed E-state index contributed by atoms with van der Waals surface area (Å²) in [6.45, 7) is 9.93. The average molecular weight is 249 g/mol. The molecule has 0 aliphatic rings. The first-order valence-electron chi connectivity index (χ1n) is 4.95. The number of nitrogens with one attached hydrogen (secondary N) is 1. The van der Waals surface area contributed by atoms with Crippen molar-refractivity contribution in [2.45, 2.75) is 0 Å². The molecule has 0 aliphatic heterocycles. The van der Waals surface area contributed by atoms with Crippen LogP contribution in [0.5, 0.6) is 0 Å². The van der Waals surface area contributed by atoms with Gasteiger partial charge in [0, 0.05) is 26.7 Å². The van der Waals surface area contributed by atoms with Gasteiger partial charge in [-0.3, -0.25) is 4.79 Å². The molecule has 0 aromatic heterocycles. The lowest BCUT2D eigenvalue weighted by atomic mass is 10.4. The summed E-state index contributed by atoms with van der Waals surface area (Å²) in [6.07, 6.45) is 3.41. The minimum absolute atomic E-state index is 0. The second-order valence-electron chi connectivity index (χ2n) is 3.05. The Labute approximate surface area is 104 Å². The molecule has 0 bridgehead atoms. The maximum atomic E-state index is 11.6. The van der Waals surface area contributed by atoms with Crippen molar-refractivity contribution in [3.05, 3.63) is 25.3 Å². The second kappa shape index (κ2) is 12.2. The summed E-state index contributed by atoms with van der Waals surface area (Å²) in [4.78, 5) is 13.3. The number of halogens is 1. The molecule has 0 unspecified atom stereocenters.